The molecule has 2 amide bonds. The number of hydrogen-bond acceptors (Lipinski definition) is 6. The van der Waals surface area contributed by atoms with E-state index in [-0.39, 0.29) is 23.6 Å². The van der Waals surface area contributed by atoms with E-state index in [2.05, 4.69) is 29.4 Å². The van der Waals surface area contributed by atoms with E-state index in [0.29, 0.717) is 42.8 Å². The van der Waals surface area contributed by atoms with E-state index in [0.717, 1.165) is 41.4 Å². The van der Waals surface area contributed by atoms with Crippen molar-refractivity contribution in [3.8, 4) is 17.0 Å². The fraction of sp³-hybridized carbons (Fsp3) is 0.395. The van der Waals surface area contributed by atoms with Crippen LogP contribution in [0.15, 0.2) is 89.7 Å². The molecule has 2 fully saturated rings. The number of carbonyl (C=O) groups is 3. The van der Waals surface area contributed by atoms with Crippen molar-refractivity contribution in [3.05, 3.63) is 107 Å². The second kappa shape index (κ2) is 22.2. The molecule has 1 aliphatic carbocycles. The smallest absolute Gasteiger partial charge is 0.416 e. The lowest BCUT2D eigenvalue weighted by atomic mass is 10.1. The largest absolute Gasteiger partial charge is 0.497 e. The minimum Gasteiger partial charge on any atom is -0.497 e. The van der Waals surface area contributed by atoms with Crippen molar-refractivity contribution in [1.29, 1.82) is 0 Å². The molecule has 308 valence electrons. The minimum absolute atomic E-state index is 0.00950. The summed E-state index contributed by atoms with van der Waals surface area (Å²) >= 11 is 0. The van der Waals surface area contributed by atoms with E-state index in [1.807, 2.05) is 50.2 Å². The summed E-state index contributed by atoms with van der Waals surface area (Å²) in [5, 5.41) is 11.7. The summed E-state index contributed by atoms with van der Waals surface area (Å²) in [5.41, 5.74) is 6.47. The Morgan fingerprint density at radius 2 is 1.75 bits per heavy atom. The number of carbonyl (C=O) groups excluding carboxylic acids is 2. The third-order valence-corrected chi connectivity index (χ3v) is 9.21. The number of carboxylic acids is 1. The van der Waals surface area contributed by atoms with Gasteiger partial charge >= 0.3 is 12.1 Å². The number of primary amides is 1. The first-order chi connectivity index (χ1) is 27.2. The van der Waals surface area contributed by atoms with E-state index in [1.54, 1.807) is 25.3 Å². The van der Waals surface area contributed by atoms with Gasteiger partial charge < -0.3 is 30.8 Å². The van der Waals surface area contributed by atoms with Gasteiger partial charge in [0.05, 0.1) is 30.7 Å². The first-order valence-corrected chi connectivity index (χ1v) is 19.1. The number of aromatic nitrogens is 1. The molecule has 0 bridgehead atoms. The van der Waals surface area contributed by atoms with Crippen molar-refractivity contribution in [1.82, 2.24) is 9.88 Å². The van der Waals surface area contributed by atoms with Gasteiger partial charge in [-0.15, -0.1) is 0 Å². The van der Waals surface area contributed by atoms with Gasteiger partial charge in [-0.05, 0) is 73.9 Å². The number of allylic oxidation sites excluding steroid dienone is 2. The highest BCUT2D eigenvalue weighted by Crippen LogP contribution is 2.39. The third kappa shape index (κ3) is 14.1. The summed E-state index contributed by atoms with van der Waals surface area (Å²) < 4.78 is 56.3. The van der Waals surface area contributed by atoms with Crippen molar-refractivity contribution in [2.24, 2.45) is 17.6 Å². The molecular formula is C43H52F4N4O6. The molecule has 4 aromatic rings. The number of amides is 2. The Morgan fingerprint density at radius 3 is 2.37 bits per heavy atom. The maximum absolute atomic E-state index is 13.3. The molecule has 0 spiro atoms. The molecule has 10 nitrogen and oxygen atoms in total. The number of nitrogens with two attached hydrogens (primary N) is 1. The van der Waals surface area contributed by atoms with E-state index in [1.165, 1.54) is 24.2 Å². The Balaban J connectivity index is 0.000000232. The van der Waals surface area contributed by atoms with Gasteiger partial charge in [0.2, 0.25) is 11.8 Å². The highest BCUT2D eigenvalue weighted by Gasteiger charge is 2.41. The van der Waals surface area contributed by atoms with E-state index >= 15 is 0 Å². The van der Waals surface area contributed by atoms with Gasteiger partial charge in [-0.1, -0.05) is 76.1 Å². The lowest BCUT2D eigenvalue weighted by Crippen LogP contribution is -2.45. The highest BCUT2D eigenvalue weighted by molar-refractivity contribution is 5.89. The van der Waals surface area contributed by atoms with Crippen LogP contribution in [-0.4, -0.2) is 59.0 Å². The summed E-state index contributed by atoms with van der Waals surface area (Å²) in [6.07, 6.45) is 6.32. The Hall–Kier alpha value is -5.66. The van der Waals surface area contributed by atoms with Crippen LogP contribution in [0.2, 0.25) is 0 Å². The molecule has 3 aromatic carbocycles. The molecule has 1 aliphatic heterocycles. The zero-order valence-electron chi connectivity index (χ0n) is 32.7. The number of carboxylic acid groups (broad SMARTS) is 1. The van der Waals surface area contributed by atoms with E-state index in [9.17, 15) is 36.7 Å². The van der Waals surface area contributed by atoms with Gasteiger partial charge in [-0.25, -0.2) is 4.39 Å². The van der Waals surface area contributed by atoms with Crippen molar-refractivity contribution < 1.29 is 41.8 Å². The van der Waals surface area contributed by atoms with Crippen LogP contribution in [0.3, 0.4) is 0 Å². The van der Waals surface area contributed by atoms with Crippen LogP contribution in [0.4, 0.5) is 23.2 Å². The molecule has 1 saturated carbocycles. The number of nitrogens with one attached hydrogen (secondary N) is 2. The Kier molecular flexibility index (Phi) is 17.8. The van der Waals surface area contributed by atoms with Crippen LogP contribution in [0.25, 0.3) is 22.2 Å². The number of rotatable bonds is 12. The van der Waals surface area contributed by atoms with Crippen LogP contribution in [-0.2, 0) is 20.6 Å². The number of ether oxygens (including phenoxy) is 1. The number of benzene rings is 3. The number of methoxy groups -OCH3 is 1. The number of fused-ring (bicyclic) bond motifs is 1. The molecular weight excluding hydrogens is 744 g/mol. The number of likely N-dealkylation sites (tertiary alicyclic amines) is 1. The normalized spacial score (nSPS) is 17.0. The summed E-state index contributed by atoms with van der Waals surface area (Å²) in [6, 6.07) is 18.1. The lowest BCUT2D eigenvalue weighted by molar-refractivity contribution is -0.139. The number of anilines is 1. The van der Waals surface area contributed by atoms with Crippen molar-refractivity contribution in [3.63, 3.8) is 0 Å². The van der Waals surface area contributed by atoms with Crippen molar-refractivity contribution in [2.75, 3.05) is 25.5 Å². The van der Waals surface area contributed by atoms with Gasteiger partial charge in [-0.2, -0.15) is 13.2 Å². The fourth-order valence-corrected chi connectivity index (χ4v) is 6.12. The van der Waals surface area contributed by atoms with Crippen LogP contribution in [0.1, 0.15) is 71.3 Å². The summed E-state index contributed by atoms with van der Waals surface area (Å²) in [7, 11) is 1.61. The van der Waals surface area contributed by atoms with Gasteiger partial charge in [0, 0.05) is 35.4 Å². The molecule has 57 heavy (non-hydrogen) atoms. The standard InChI is InChI=1S/C16H13NO2.C14H15F4N3O2.C11H18O2.C2H6/c1-19-12-7-8-13-15(9-12)17-14(10-16(13)18)11-5-3-2-4-6-11;15-9-4-8(14(16,17)18)5-10(6-9)20-7-12(22)21-3-1-2-11(21)13(19)23;1-2-3-4-5-6-7-9-8-10(9)11(12)13;1-2/h2-10H,1H3,(H,17,18);4-6,11,20H,1-3,7H2,(H2,19,23);6-7,9-10H,2-5,8H2,1H3,(H,12,13);1-2H3/b;;7-6-;/t;;9?,10-;/m..0./s1. The number of pyridine rings is 1. The number of hydrogen-bond donors (Lipinski definition) is 4. The molecule has 1 saturated heterocycles. The fourth-order valence-electron chi connectivity index (χ4n) is 6.12. The van der Waals surface area contributed by atoms with Gasteiger partial charge in [-0.3, -0.25) is 19.2 Å². The van der Waals surface area contributed by atoms with Crippen LogP contribution in [0, 0.1) is 17.7 Å². The second-order valence-corrected chi connectivity index (χ2v) is 13.3. The Bertz CT molecular complexity index is 2020. The lowest BCUT2D eigenvalue weighted by Gasteiger charge is -2.22. The molecule has 2 heterocycles. The average molecular weight is 797 g/mol. The van der Waals surface area contributed by atoms with Crippen LogP contribution < -0.4 is 21.2 Å². The molecule has 14 heteroatoms. The number of H-pyrrole nitrogens is 1. The number of alkyl halides is 3. The van der Waals surface area contributed by atoms with Gasteiger partial charge in [0.25, 0.3) is 0 Å². The van der Waals surface area contributed by atoms with Crippen LogP contribution >= 0.6 is 0 Å². The Labute approximate surface area is 330 Å². The molecule has 3 atom stereocenters. The Morgan fingerprint density at radius 1 is 1.04 bits per heavy atom. The van der Waals surface area contributed by atoms with E-state index in [4.69, 9.17) is 15.6 Å². The average Bonchev–Trinajstić information content (AvgIpc) is 3.81. The van der Waals surface area contributed by atoms with Crippen molar-refractivity contribution >= 4 is 34.4 Å². The maximum Gasteiger partial charge on any atom is 0.416 e. The topological polar surface area (TPSA) is 155 Å². The predicted octanol–water partition coefficient (Wildman–Crippen LogP) is 8.81. The third-order valence-electron chi connectivity index (χ3n) is 9.21. The first-order valence-electron chi connectivity index (χ1n) is 19.1. The number of aromatic amines is 1. The quantitative estimate of drug-likeness (QED) is 0.0635. The molecule has 0 radical (unpaired) electrons. The predicted molar refractivity (Wildman–Crippen MR) is 214 cm³/mol. The van der Waals surface area contributed by atoms with E-state index < -0.39 is 41.4 Å². The second-order valence-electron chi connectivity index (χ2n) is 13.3. The number of unbranched alkanes of at least 4 members (excludes halogenated alkanes) is 3. The monoisotopic (exact) mass is 796 g/mol. The molecule has 2 unspecified atom stereocenters. The SMILES string of the molecule is CC.CCCCC/C=C\C1C[C@@H]1C(=O)O.COc1ccc2c(=O)cc(-c3ccccc3)[nH]c2c1.NC(=O)C1CCCN1C(=O)CNc1cc(F)cc(C(F)(F)F)c1. The van der Waals surface area contributed by atoms with Crippen LogP contribution in [0.5, 0.6) is 5.75 Å². The zero-order valence-corrected chi connectivity index (χ0v) is 32.7. The van der Waals surface area contributed by atoms with Gasteiger partial charge in [0.15, 0.2) is 5.43 Å². The van der Waals surface area contributed by atoms with Crippen molar-refractivity contribution in [2.45, 2.75) is 77.9 Å². The summed E-state index contributed by atoms with van der Waals surface area (Å²) in [5.74, 6) is -1.82. The molecule has 2 aliphatic rings. The number of halogens is 4. The minimum atomic E-state index is -4.69. The summed E-state index contributed by atoms with van der Waals surface area (Å²) in [6.45, 7) is 6.18. The zero-order chi connectivity index (χ0) is 42.1. The molecule has 6 rings (SSSR count). The molecule has 5 N–H and O–H groups in total. The van der Waals surface area contributed by atoms with Gasteiger partial charge in [0.1, 0.15) is 17.6 Å². The summed E-state index contributed by atoms with van der Waals surface area (Å²) in [4.78, 5) is 50.4. The number of aliphatic carboxylic acids is 1. The maximum atomic E-state index is 13.3. The highest BCUT2D eigenvalue weighted by atomic mass is 19.4. The number of nitrogens with zero attached hydrogens (tertiary/aromatic N) is 1. The first kappa shape index (κ1) is 45.7. The molecule has 1 aromatic heterocycles.